The zero-order valence-electron chi connectivity index (χ0n) is 17.1. The van der Waals surface area contributed by atoms with E-state index in [0.29, 0.717) is 18.5 Å². The second-order valence-electron chi connectivity index (χ2n) is 8.20. The number of rotatable bonds is 6. The van der Waals surface area contributed by atoms with E-state index in [1.54, 1.807) is 12.2 Å². The predicted molar refractivity (Wildman–Crippen MR) is 114 cm³/mol. The number of aliphatic hydroxyl groups excluding tert-OH is 1. The van der Waals surface area contributed by atoms with Crippen LogP contribution in [0, 0.1) is 11.8 Å². The van der Waals surface area contributed by atoms with E-state index in [2.05, 4.69) is 21.6 Å². The molecular weight excluding hydrogens is 448 g/mol. The summed E-state index contributed by atoms with van der Waals surface area (Å²) < 4.78 is 50.5. The van der Waals surface area contributed by atoms with Crippen LogP contribution in [-0.2, 0) is 0 Å². The Balaban J connectivity index is 1.37. The van der Waals surface area contributed by atoms with E-state index >= 15 is 0 Å². The Morgan fingerprint density at radius 2 is 2.06 bits per heavy atom. The molecule has 2 aliphatic heterocycles. The fraction of sp³-hybridized carbons (Fsp3) is 0.455. The van der Waals surface area contributed by atoms with Crippen LogP contribution in [0.1, 0.15) is 19.3 Å². The number of alkyl halides is 4. The molecule has 4 N–H and O–H groups in total. The van der Waals surface area contributed by atoms with E-state index < -0.39 is 24.4 Å². The highest BCUT2D eigenvalue weighted by atomic mass is 35.5. The predicted octanol–water partition coefficient (Wildman–Crippen LogP) is 3.86. The molecule has 2 aliphatic carbocycles. The van der Waals surface area contributed by atoms with Crippen LogP contribution < -0.4 is 16.0 Å². The second-order valence-corrected chi connectivity index (χ2v) is 8.73. The van der Waals surface area contributed by atoms with Gasteiger partial charge in [-0.05, 0) is 49.0 Å². The standard InChI is InChI=1S/C22H25ClF4N4O/c23-17-9-13(4-5-18(17)24)14-6-7-31-19(11-28-20(31)10-14)15-2-1-3-16(8-15)30-21(32)29-12-22(25,26)27/h1,3,5-8,10-11,13,15,17,20-21,28-30,32H,2,4,9,12H2. The zero-order valence-corrected chi connectivity index (χ0v) is 17.9. The molecule has 2 heterocycles. The van der Waals surface area contributed by atoms with Gasteiger partial charge in [0.25, 0.3) is 0 Å². The van der Waals surface area contributed by atoms with Gasteiger partial charge in [-0.2, -0.15) is 13.2 Å². The molecule has 174 valence electrons. The maximum atomic E-state index is 13.6. The van der Waals surface area contributed by atoms with Gasteiger partial charge < -0.3 is 20.6 Å². The highest BCUT2D eigenvalue weighted by molar-refractivity contribution is 6.22. The Morgan fingerprint density at radius 3 is 2.81 bits per heavy atom. The first-order valence-corrected chi connectivity index (χ1v) is 10.9. The molecule has 0 amide bonds. The highest BCUT2D eigenvalue weighted by Crippen LogP contribution is 2.37. The Labute approximate surface area is 188 Å². The molecule has 0 radical (unpaired) electrons. The van der Waals surface area contributed by atoms with Gasteiger partial charge in [0.1, 0.15) is 12.0 Å². The minimum Gasteiger partial charge on any atom is -0.366 e. The van der Waals surface area contributed by atoms with Gasteiger partial charge in [-0.1, -0.05) is 18.2 Å². The smallest absolute Gasteiger partial charge is 0.366 e. The molecule has 32 heavy (non-hydrogen) atoms. The lowest BCUT2D eigenvalue weighted by atomic mass is 9.85. The van der Waals surface area contributed by atoms with Gasteiger partial charge in [0, 0.05) is 29.7 Å². The van der Waals surface area contributed by atoms with Crippen molar-refractivity contribution in [3.63, 3.8) is 0 Å². The van der Waals surface area contributed by atoms with Crippen molar-refractivity contribution in [2.45, 2.75) is 43.3 Å². The van der Waals surface area contributed by atoms with Crippen LogP contribution >= 0.6 is 11.6 Å². The lowest BCUT2D eigenvalue weighted by molar-refractivity contribution is -0.131. The number of allylic oxidation sites excluding steroid dienone is 7. The van der Waals surface area contributed by atoms with E-state index in [0.717, 1.165) is 17.7 Å². The molecule has 5 unspecified atom stereocenters. The number of nitrogens with one attached hydrogen (secondary N) is 3. The van der Waals surface area contributed by atoms with E-state index in [1.807, 2.05) is 35.9 Å². The molecule has 0 bridgehead atoms. The van der Waals surface area contributed by atoms with E-state index in [4.69, 9.17) is 11.6 Å². The SMILES string of the molecule is OC(NCC(F)(F)F)NC1=CC(C2=CNC3C=C(C4CC=C(F)C(Cl)C4)C=CN23)CC=C1. The molecule has 0 aromatic carbocycles. The van der Waals surface area contributed by atoms with Gasteiger partial charge >= 0.3 is 6.18 Å². The van der Waals surface area contributed by atoms with E-state index in [1.165, 1.54) is 0 Å². The summed E-state index contributed by atoms with van der Waals surface area (Å²) in [5.41, 5.74) is 2.66. The number of nitrogens with zero attached hydrogens (tertiary/aromatic N) is 1. The largest absolute Gasteiger partial charge is 0.401 e. The lowest BCUT2D eigenvalue weighted by Gasteiger charge is -2.33. The second kappa shape index (κ2) is 9.33. The van der Waals surface area contributed by atoms with Crippen molar-refractivity contribution in [1.82, 2.24) is 20.9 Å². The Bertz CT molecular complexity index is 908. The Morgan fingerprint density at radius 1 is 1.25 bits per heavy atom. The monoisotopic (exact) mass is 472 g/mol. The first kappa shape index (κ1) is 22.9. The summed E-state index contributed by atoms with van der Waals surface area (Å²) in [6.45, 7) is -1.29. The minimum atomic E-state index is -4.41. The Hall–Kier alpha value is -2.23. The molecule has 0 aromatic heterocycles. The van der Waals surface area contributed by atoms with E-state index in [9.17, 15) is 22.7 Å². The van der Waals surface area contributed by atoms with Gasteiger partial charge in [0.15, 0.2) is 6.35 Å². The molecule has 5 nitrogen and oxygen atoms in total. The van der Waals surface area contributed by atoms with Crippen LogP contribution in [-0.4, -0.2) is 40.6 Å². The summed E-state index contributed by atoms with van der Waals surface area (Å²) in [5, 5.41) is 17.2. The highest BCUT2D eigenvalue weighted by Gasteiger charge is 2.33. The van der Waals surface area contributed by atoms with Crippen LogP contribution in [0.25, 0.3) is 0 Å². The number of halogens is 5. The summed E-state index contributed by atoms with van der Waals surface area (Å²) in [5.74, 6) is -0.109. The Kier molecular flexibility index (Phi) is 6.69. The van der Waals surface area contributed by atoms with Gasteiger partial charge in [-0.25, -0.2) is 4.39 Å². The summed E-state index contributed by atoms with van der Waals surface area (Å²) in [4.78, 5) is 2.09. The summed E-state index contributed by atoms with van der Waals surface area (Å²) in [7, 11) is 0. The topological polar surface area (TPSA) is 59.6 Å². The molecule has 5 atom stereocenters. The molecule has 4 rings (SSSR count). The fourth-order valence-corrected chi connectivity index (χ4v) is 4.59. The first-order chi connectivity index (χ1) is 15.2. The molecule has 4 aliphatic rings. The van der Waals surface area contributed by atoms with Crippen LogP contribution in [0.2, 0.25) is 0 Å². The normalized spacial score (nSPS) is 30.6. The first-order valence-electron chi connectivity index (χ1n) is 10.5. The maximum absolute atomic E-state index is 13.6. The van der Waals surface area contributed by atoms with Crippen LogP contribution in [0.5, 0.6) is 0 Å². The maximum Gasteiger partial charge on any atom is 0.401 e. The fourth-order valence-electron chi connectivity index (χ4n) is 4.29. The van der Waals surface area contributed by atoms with Crippen LogP contribution in [0.3, 0.4) is 0 Å². The average Bonchev–Trinajstić information content (AvgIpc) is 3.17. The lowest BCUT2D eigenvalue weighted by Crippen LogP contribution is -2.45. The van der Waals surface area contributed by atoms with Crippen molar-refractivity contribution in [2.75, 3.05) is 6.54 Å². The van der Waals surface area contributed by atoms with Gasteiger partial charge in [0.2, 0.25) is 0 Å². The number of hydrogen-bond donors (Lipinski definition) is 4. The third-order valence-electron chi connectivity index (χ3n) is 5.88. The molecule has 0 fully saturated rings. The van der Waals surface area contributed by atoms with Crippen LogP contribution in [0.15, 0.2) is 71.7 Å². The van der Waals surface area contributed by atoms with Crippen molar-refractivity contribution in [1.29, 1.82) is 0 Å². The van der Waals surface area contributed by atoms with Gasteiger partial charge in [-0.15, -0.1) is 11.6 Å². The molecule has 0 spiro atoms. The summed E-state index contributed by atoms with van der Waals surface area (Å²) in [6.07, 6.45) is 11.0. The number of fused-ring (bicyclic) bond motifs is 1. The third-order valence-corrected chi connectivity index (χ3v) is 6.27. The average molecular weight is 473 g/mol. The van der Waals surface area contributed by atoms with Crippen molar-refractivity contribution in [3.8, 4) is 0 Å². The minimum absolute atomic E-state index is 0.0200. The van der Waals surface area contributed by atoms with Crippen molar-refractivity contribution in [2.24, 2.45) is 11.8 Å². The van der Waals surface area contributed by atoms with Crippen LogP contribution in [0.4, 0.5) is 17.6 Å². The van der Waals surface area contributed by atoms with Gasteiger partial charge in [0.05, 0.1) is 11.9 Å². The van der Waals surface area contributed by atoms with E-state index in [-0.39, 0.29) is 23.8 Å². The van der Waals surface area contributed by atoms with Gasteiger partial charge in [-0.3, -0.25) is 5.32 Å². The van der Waals surface area contributed by atoms with Crippen molar-refractivity contribution >= 4 is 11.6 Å². The summed E-state index contributed by atoms with van der Waals surface area (Å²) >= 11 is 6.08. The molecule has 0 saturated heterocycles. The third kappa shape index (κ3) is 5.39. The number of hydrogen-bond acceptors (Lipinski definition) is 5. The quantitative estimate of drug-likeness (QED) is 0.269. The zero-order chi connectivity index (χ0) is 22.9. The number of aliphatic hydroxyl groups is 1. The van der Waals surface area contributed by atoms with Crippen molar-refractivity contribution < 1.29 is 22.7 Å². The summed E-state index contributed by atoms with van der Waals surface area (Å²) in [6, 6.07) is 0. The molecule has 0 aromatic rings. The van der Waals surface area contributed by atoms with Crippen molar-refractivity contribution in [3.05, 3.63) is 71.7 Å². The molecular formula is C22H25ClF4N4O. The molecule has 0 saturated carbocycles. The molecule has 10 heteroatoms.